The molecule has 1 aliphatic heterocycles. The average molecular weight is 484 g/mol. The largest absolute Gasteiger partial charge is 0.494 e. The number of benzene rings is 2. The van der Waals surface area contributed by atoms with Gasteiger partial charge in [-0.3, -0.25) is 4.90 Å². The number of likely N-dealkylation sites (tertiary alicyclic amines) is 1. The van der Waals surface area contributed by atoms with Gasteiger partial charge in [-0.25, -0.2) is 0 Å². The first-order valence-electron chi connectivity index (χ1n) is 11.4. The summed E-state index contributed by atoms with van der Waals surface area (Å²) in [6, 6.07) is 18.9. The van der Waals surface area contributed by atoms with E-state index >= 15 is 0 Å². The van der Waals surface area contributed by atoms with E-state index in [2.05, 4.69) is 73.2 Å². The van der Waals surface area contributed by atoms with E-state index in [1.807, 2.05) is 12.1 Å². The molecule has 0 atom stereocenters. The van der Waals surface area contributed by atoms with Crippen molar-refractivity contribution in [2.75, 3.05) is 38.2 Å². The smallest absolute Gasteiger partial charge is 0.119 e. The Kier molecular flexibility index (Phi) is 12.5. The van der Waals surface area contributed by atoms with Crippen LogP contribution in [0.3, 0.4) is 0 Å². The lowest BCUT2D eigenvalue weighted by atomic mass is 9.88. The lowest BCUT2D eigenvalue weighted by molar-refractivity contribution is -0.0275. The van der Waals surface area contributed by atoms with Crippen molar-refractivity contribution in [1.82, 2.24) is 4.90 Å². The summed E-state index contributed by atoms with van der Waals surface area (Å²) in [4.78, 5) is 4.68. The van der Waals surface area contributed by atoms with Crippen LogP contribution >= 0.6 is 24.8 Å². The third kappa shape index (κ3) is 9.19. The Balaban J connectivity index is 0.00000256. The summed E-state index contributed by atoms with van der Waals surface area (Å²) in [5.74, 6) is 1.59. The van der Waals surface area contributed by atoms with E-state index in [-0.39, 0.29) is 24.8 Å². The molecule has 0 amide bonds. The molecule has 0 radical (unpaired) electrons. The molecule has 4 nitrogen and oxygen atoms in total. The van der Waals surface area contributed by atoms with Crippen LogP contribution in [0, 0.1) is 5.92 Å². The van der Waals surface area contributed by atoms with E-state index in [1.165, 1.54) is 5.56 Å². The van der Waals surface area contributed by atoms with Crippen molar-refractivity contribution in [1.29, 1.82) is 0 Å². The van der Waals surface area contributed by atoms with E-state index in [0.29, 0.717) is 5.92 Å². The maximum absolute atomic E-state index is 11.1. The van der Waals surface area contributed by atoms with Gasteiger partial charge in [-0.15, -0.1) is 24.8 Å². The van der Waals surface area contributed by atoms with Gasteiger partial charge in [-0.2, -0.15) is 0 Å². The van der Waals surface area contributed by atoms with E-state index in [9.17, 15) is 5.11 Å². The van der Waals surface area contributed by atoms with Gasteiger partial charge in [-0.1, -0.05) is 44.2 Å². The predicted molar refractivity (Wildman–Crippen MR) is 140 cm³/mol. The topological polar surface area (TPSA) is 35.9 Å². The number of hydrogen-bond acceptors (Lipinski definition) is 4. The molecule has 1 heterocycles. The van der Waals surface area contributed by atoms with Gasteiger partial charge in [0.25, 0.3) is 0 Å². The van der Waals surface area contributed by atoms with Crippen LogP contribution in [0.2, 0.25) is 0 Å². The number of anilines is 1. The first-order chi connectivity index (χ1) is 14.4. The zero-order valence-electron chi connectivity index (χ0n) is 19.7. The Hall–Kier alpha value is -1.46. The monoisotopic (exact) mass is 482 g/mol. The number of aliphatic hydroxyl groups is 1. The van der Waals surface area contributed by atoms with Crippen molar-refractivity contribution < 1.29 is 9.84 Å². The second-order valence-electron chi connectivity index (χ2n) is 9.18. The summed E-state index contributed by atoms with van der Waals surface area (Å²) in [5.41, 5.74) is 1.96. The summed E-state index contributed by atoms with van der Waals surface area (Å²) < 4.78 is 5.81. The molecule has 0 aromatic heterocycles. The molecule has 6 heteroatoms. The zero-order valence-corrected chi connectivity index (χ0v) is 21.3. The SMILES string of the molecule is CC(C)CCOc1ccc(N(C)CCC2(O)CCN(Cc3ccccc3)CC2)cc1.Cl.Cl. The molecule has 0 aliphatic carbocycles. The number of piperidine rings is 1. The molecule has 1 N–H and O–H groups in total. The van der Waals surface area contributed by atoms with Gasteiger partial charge in [0.05, 0.1) is 12.2 Å². The molecule has 0 saturated carbocycles. The van der Waals surface area contributed by atoms with Crippen molar-refractivity contribution in [2.24, 2.45) is 5.92 Å². The fraction of sp³-hybridized carbons (Fsp3) is 0.538. The Bertz CT molecular complexity index is 748. The summed E-state index contributed by atoms with van der Waals surface area (Å²) in [5, 5.41) is 11.1. The second kappa shape index (κ2) is 13.9. The highest BCUT2D eigenvalue weighted by atomic mass is 35.5. The van der Waals surface area contributed by atoms with Gasteiger partial charge in [0, 0.05) is 38.9 Å². The normalized spacial score (nSPS) is 15.5. The average Bonchev–Trinajstić information content (AvgIpc) is 2.75. The maximum Gasteiger partial charge on any atom is 0.119 e. The molecule has 180 valence electrons. The van der Waals surface area contributed by atoms with Crippen molar-refractivity contribution >= 4 is 30.5 Å². The van der Waals surface area contributed by atoms with E-state index in [1.54, 1.807) is 0 Å². The van der Waals surface area contributed by atoms with E-state index in [4.69, 9.17) is 4.74 Å². The van der Waals surface area contributed by atoms with Crippen LogP contribution in [0.15, 0.2) is 54.6 Å². The number of hydrogen-bond donors (Lipinski definition) is 1. The maximum atomic E-state index is 11.1. The highest BCUT2D eigenvalue weighted by molar-refractivity contribution is 5.85. The number of halogens is 2. The molecule has 2 aromatic rings. The zero-order chi connectivity index (χ0) is 21.4. The van der Waals surface area contributed by atoms with Crippen LogP contribution in [0.1, 0.15) is 45.1 Å². The van der Waals surface area contributed by atoms with Crippen molar-refractivity contribution in [3.05, 3.63) is 60.2 Å². The molecule has 3 rings (SSSR count). The lowest BCUT2D eigenvalue weighted by Gasteiger charge is -2.39. The Morgan fingerprint density at radius 1 is 1.00 bits per heavy atom. The minimum Gasteiger partial charge on any atom is -0.494 e. The molecule has 0 spiro atoms. The van der Waals surface area contributed by atoms with Crippen LogP contribution in [-0.4, -0.2) is 48.9 Å². The molecular formula is C26H40Cl2N2O2. The number of ether oxygens (including phenoxy) is 1. The quantitative estimate of drug-likeness (QED) is 0.463. The summed E-state index contributed by atoms with van der Waals surface area (Å²) >= 11 is 0. The van der Waals surface area contributed by atoms with Crippen molar-refractivity contribution in [3.8, 4) is 5.75 Å². The third-order valence-corrected chi connectivity index (χ3v) is 6.19. The van der Waals surface area contributed by atoms with Gasteiger partial charge in [-0.05, 0) is 61.4 Å². The minimum absolute atomic E-state index is 0. The van der Waals surface area contributed by atoms with Gasteiger partial charge in [0.15, 0.2) is 0 Å². The van der Waals surface area contributed by atoms with Gasteiger partial charge >= 0.3 is 0 Å². The number of nitrogens with zero attached hydrogens (tertiary/aromatic N) is 2. The molecule has 1 fully saturated rings. The molecule has 1 saturated heterocycles. The summed E-state index contributed by atoms with van der Waals surface area (Å²) in [6.07, 6.45) is 3.56. The molecule has 2 aromatic carbocycles. The highest BCUT2D eigenvalue weighted by Crippen LogP contribution is 2.28. The van der Waals surface area contributed by atoms with Gasteiger partial charge in [0.1, 0.15) is 5.75 Å². The molecule has 0 unspecified atom stereocenters. The molecule has 32 heavy (non-hydrogen) atoms. The lowest BCUT2D eigenvalue weighted by Crippen LogP contribution is -2.45. The molecular weight excluding hydrogens is 443 g/mol. The van der Waals surface area contributed by atoms with Gasteiger partial charge < -0.3 is 14.7 Å². The van der Waals surface area contributed by atoms with Crippen LogP contribution in [0.5, 0.6) is 5.75 Å². The van der Waals surface area contributed by atoms with Crippen LogP contribution in [0.4, 0.5) is 5.69 Å². The fourth-order valence-electron chi connectivity index (χ4n) is 3.93. The van der Waals surface area contributed by atoms with Crippen LogP contribution in [0.25, 0.3) is 0 Å². The molecule has 1 aliphatic rings. The van der Waals surface area contributed by atoms with E-state index in [0.717, 1.165) is 69.9 Å². The van der Waals surface area contributed by atoms with Crippen molar-refractivity contribution in [2.45, 2.75) is 51.7 Å². The Labute approximate surface area is 206 Å². The fourth-order valence-corrected chi connectivity index (χ4v) is 3.93. The Morgan fingerprint density at radius 2 is 1.62 bits per heavy atom. The van der Waals surface area contributed by atoms with Crippen molar-refractivity contribution in [3.63, 3.8) is 0 Å². The highest BCUT2D eigenvalue weighted by Gasteiger charge is 2.32. The standard InChI is InChI=1S/C26H38N2O2.2ClH/c1-22(2)13-20-30-25-11-9-24(10-12-25)27(3)17-14-26(29)15-18-28(19-16-26)21-23-7-5-4-6-8-23;;/h4-12,22,29H,13-21H2,1-3H3;2*1H. The molecule has 0 bridgehead atoms. The minimum atomic E-state index is -0.554. The third-order valence-electron chi connectivity index (χ3n) is 6.19. The van der Waals surface area contributed by atoms with E-state index < -0.39 is 5.60 Å². The summed E-state index contributed by atoms with van der Waals surface area (Å²) in [6.45, 7) is 8.92. The van der Waals surface area contributed by atoms with Gasteiger partial charge in [0.2, 0.25) is 0 Å². The second-order valence-corrected chi connectivity index (χ2v) is 9.18. The first kappa shape index (κ1) is 28.6. The predicted octanol–water partition coefficient (Wildman–Crippen LogP) is 5.81. The first-order valence-corrected chi connectivity index (χ1v) is 11.4. The van der Waals surface area contributed by atoms with Crippen LogP contribution in [-0.2, 0) is 6.54 Å². The van der Waals surface area contributed by atoms with Crippen LogP contribution < -0.4 is 9.64 Å². The number of rotatable bonds is 10. The Morgan fingerprint density at radius 3 is 2.22 bits per heavy atom. The summed E-state index contributed by atoms with van der Waals surface area (Å²) in [7, 11) is 2.10.